The summed E-state index contributed by atoms with van der Waals surface area (Å²) in [5, 5.41) is 4.87. The molecule has 0 bridgehead atoms. The molecule has 0 saturated carbocycles. The van der Waals surface area contributed by atoms with Crippen molar-refractivity contribution in [3.8, 4) is 23.0 Å². The van der Waals surface area contributed by atoms with Gasteiger partial charge in [0.1, 0.15) is 23.0 Å². The highest BCUT2D eigenvalue weighted by Crippen LogP contribution is 2.25. The van der Waals surface area contributed by atoms with Gasteiger partial charge < -0.3 is 24.8 Å². The molecule has 0 saturated heterocycles. The fourth-order valence-corrected chi connectivity index (χ4v) is 5.35. The number of hydrogen-bond acceptors (Lipinski definition) is 9. The first kappa shape index (κ1) is 30.7. The number of benzene rings is 4. The number of carbonyl (C=O) groups excluding carboxylic acids is 2. The van der Waals surface area contributed by atoms with Crippen LogP contribution < -0.4 is 34.3 Å². The maximum Gasteiger partial charge on any atom is 0.333 e. The Morgan fingerprint density at radius 1 is 0.488 bits per heavy atom. The van der Waals surface area contributed by atoms with Crippen LogP contribution in [-0.4, -0.2) is 43.1 Å². The minimum absolute atomic E-state index is 0.104. The maximum absolute atomic E-state index is 12.4. The Morgan fingerprint density at radius 3 is 1.09 bits per heavy atom. The van der Waals surface area contributed by atoms with Gasteiger partial charge in [0.25, 0.3) is 20.0 Å². The lowest BCUT2D eigenvalue weighted by Crippen LogP contribution is -2.34. The zero-order chi connectivity index (χ0) is 31.0. The first-order valence-electron chi connectivity index (χ1n) is 12.3. The smallest absolute Gasteiger partial charge is 0.333 e. The van der Waals surface area contributed by atoms with Crippen molar-refractivity contribution in [1.29, 1.82) is 0 Å². The molecular weight excluding hydrogens is 600 g/mol. The van der Waals surface area contributed by atoms with E-state index in [4.69, 9.17) is 14.2 Å². The molecule has 0 unspecified atom stereocenters. The molecule has 4 rings (SSSR count). The molecule has 4 N–H and O–H groups in total. The van der Waals surface area contributed by atoms with Crippen LogP contribution >= 0.6 is 0 Å². The summed E-state index contributed by atoms with van der Waals surface area (Å²) in [6.07, 6.45) is 0. The molecule has 0 heterocycles. The van der Waals surface area contributed by atoms with Crippen LogP contribution in [0.3, 0.4) is 0 Å². The Bertz CT molecular complexity index is 1660. The lowest BCUT2D eigenvalue weighted by molar-refractivity contribution is 0.255. The summed E-state index contributed by atoms with van der Waals surface area (Å²) in [6, 6.07) is 21.5. The minimum Gasteiger partial charge on any atom is -0.497 e. The maximum atomic E-state index is 12.4. The van der Waals surface area contributed by atoms with Crippen LogP contribution in [0.5, 0.6) is 23.0 Å². The lowest BCUT2D eigenvalue weighted by atomic mass is 10.3. The Morgan fingerprint density at radius 2 is 0.791 bits per heavy atom. The minimum atomic E-state index is -4.10. The number of ether oxygens (including phenoxy) is 3. The van der Waals surface area contributed by atoms with Crippen LogP contribution in [0, 0.1) is 0 Å². The van der Waals surface area contributed by atoms with Gasteiger partial charge in [0, 0.05) is 11.4 Å². The molecule has 13 nitrogen and oxygen atoms in total. The average molecular weight is 627 g/mol. The molecule has 4 amide bonds. The molecule has 0 aliphatic carbocycles. The van der Waals surface area contributed by atoms with E-state index in [1.54, 1.807) is 24.3 Å². The first-order valence-corrected chi connectivity index (χ1v) is 15.3. The molecule has 0 radical (unpaired) electrons. The third-order valence-corrected chi connectivity index (χ3v) is 8.35. The second kappa shape index (κ2) is 13.1. The summed E-state index contributed by atoms with van der Waals surface area (Å²) in [5.41, 5.74) is 0.620. The van der Waals surface area contributed by atoms with Crippen molar-refractivity contribution in [1.82, 2.24) is 9.44 Å². The van der Waals surface area contributed by atoms with Crippen molar-refractivity contribution in [2.24, 2.45) is 0 Å². The van der Waals surface area contributed by atoms with E-state index in [0.29, 0.717) is 34.4 Å². The number of methoxy groups -OCH3 is 2. The third kappa shape index (κ3) is 8.37. The van der Waals surface area contributed by atoms with E-state index in [2.05, 4.69) is 10.6 Å². The molecule has 0 spiro atoms. The summed E-state index contributed by atoms with van der Waals surface area (Å²) in [7, 11) is -5.29. The van der Waals surface area contributed by atoms with Crippen molar-refractivity contribution in [2.75, 3.05) is 24.9 Å². The number of rotatable bonds is 10. The normalized spacial score (nSPS) is 11.1. The molecule has 0 aliphatic rings. The van der Waals surface area contributed by atoms with Crippen LogP contribution in [0.25, 0.3) is 0 Å². The van der Waals surface area contributed by atoms with Crippen molar-refractivity contribution < 1.29 is 40.6 Å². The van der Waals surface area contributed by atoms with E-state index in [1.165, 1.54) is 87.0 Å². The molecule has 0 fully saturated rings. The molecule has 0 atom stereocenters. The van der Waals surface area contributed by atoms with E-state index in [9.17, 15) is 26.4 Å². The van der Waals surface area contributed by atoms with Crippen LogP contribution in [0.15, 0.2) is 107 Å². The van der Waals surface area contributed by atoms with Crippen LogP contribution in [-0.2, 0) is 20.0 Å². The Kier molecular flexibility index (Phi) is 9.37. The van der Waals surface area contributed by atoms with Gasteiger partial charge in [-0.3, -0.25) is 0 Å². The number of amides is 4. The zero-order valence-electron chi connectivity index (χ0n) is 22.7. The molecule has 43 heavy (non-hydrogen) atoms. The summed E-state index contributed by atoms with van der Waals surface area (Å²) in [5.74, 6) is 1.75. The van der Waals surface area contributed by atoms with Crippen molar-refractivity contribution in [3.05, 3.63) is 97.1 Å². The highest BCUT2D eigenvalue weighted by molar-refractivity contribution is 7.90. The van der Waals surface area contributed by atoms with Gasteiger partial charge in [-0.25, -0.2) is 35.9 Å². The molecule has 0 aliphatic heterocycles. The second-order valence-electron chi connectivity index (χ2n) is 8.62. The summed E-state index contributed by atoms with van der Waals surface area (Å²) >= 11 is 0. The lowest BCUT2D eigenvalue weighted by Gasteiger charge is -2.11. The van der Waals surface area contributed by atoms with Crippen LogP contribution in [0.2, 0.25) is 0 Å². The van der Waals surface area contributed by atoms with Crippen LogP contribution in [0.1, 0.15) is 0 Å². The molecule has 4 aromatic carbocycles. The van der Waals surface area contributed by atoms with Gasteiger partial charge >= 0.3 is 12.1 Å². The van der Waals surface area contributed by atoms with Crippen molar-refractivity contribution in [3.63, 3.8) is 0 Å². The largest absolute Gasteiger partial charge is 0.497 e. The quantitative estimate of drug-likeness (QED) is 0.197. The molecule has 4 aromatic rings. The Hall–Kier alpha value is -5.28. The highest BCUT2D eigenvalue weighted by Gasteiger charge is 2.19. The Labute approximate surface area is 247 Å². The van der Waals surface area contributed by atoms with Gasteiger partial charge in [-0.15, -0.1) is 0 Å². The first-order chi connectivity index (χ1) is 20.5. The van der Waals surface area contributed by atoms with E-state index in [0.717, 1.165) is 0 Å². The third-order valence-electron chi connectivity index (χ3n) is 5.65. The fraction of sp³-hybridized carbons (Fsp3) is 0.0714. The average Bonchev–Trinajstić information content (AvgIpc) is 2.98. The molecule has 0 aromatic heterocycles. The number of urea groups is 2. The molecule has 224 valence electrons. The zero-order valence-corrected chi connectivity index (χ0v) is 24.4. The number of nitrogens with one attached hydrogen (secondary N) is 4. The molecule has 15 heteroatoms. The number of sulfonamides is 2. The Balaban J connectivity index is 1.28. The van der Waals surface area contributed by atoms with Crippen LogP contribution in [0.4, 0.5) is 21.0 Å². The topological polar surface area (TPSA) is 178 Å². The number of hydrogen-bond donors (Lipinski definition) is 4. The summed E-state index contributed by atoms with van der Waals surface area (Å²) in [6.45, 7) is 0. The van der Waals surface area contributed by atoms with Gasteiger partial charge in [0.2, 0.25) is 0 Å². The van der Waals surface area contributed by atoms with E-state index >= 15 is 0 Å². The fourth-order valence-electron chi connectivity index (χ4n) is 3.53. The summed E-state index contributed by atoms with van der Waals surface area (Å²) < 4.78 is 69.3. The van der Waals surface area contributed by atoms with Crippen molar-refractivity contribution in [2.45, 2.75) is 9.79 Å². The number of anilines is 2. The van der Waals surface area contributed by atoms with E-state index < -0.39 is 32.1 Å². The SMILES string of the molecule is COc1ccc(S(=O)(=O)NC(=O)Nc2ccc(Oc3ccc(NC(=O)NS(=O)(=O)c4ccc(OC)cc4)cc3)cc2)cc1. The highest BCUT2D eigenvalue weighted by atomic mass is 32.2. The van der Waals surface area contributed by atoms with Gasteiger partial charge in [0.05, 0.1) is 24.0 Å². The predicted molar refractivity (Wildman–Crippen MR) is 158 cm³/mol. The second-order valence-corrected chi connectivity index (χ2v) is 12.0. The number of carbonyl (C=O) groups is 2. The van der Waals surface area contributed by atoms with Crippen molar-refractivity contribution >= 4 is 43.5 Å². The van der Waals surface area contributed by atoms with E-state index in [-0.39, 0.29) is 9.79 Å². The summed E-state index contributed by atoms with van der Waals surface area (Å²) in [4.78, 5) is 24.3. The standard InChI is InChI=1S/C28H26N4O9S2/c1-39-21-11-15-25(16-12-21)42(35,36)31-27(33)29-19-3-7-23(8-4-19)41-24-9-5-20(6-10-24)30-28(34)32-43(37,38)26-17-13-22(40-2)14-18-26/h3-18H,1-2H3,(H2,29,31,33)(H2,30,32,34). The van der Waals surface area contributed by atoms with Gasteiger partial charge in [0.15, 0.2) is 0 Å². The van der Waals surface area contributed by atoms with E-state index in [1.807, 2.05) is 9.44 Å². The monoisotopic (exact) mass is 626 g/mol. The predicted octanol–water partition coefficient (Wildman–Crippen LogP) is 4.52. The van der Waals surface area contributed by atoms with Gasteiger partial charge in [-0.2, -0.15) is 0 Å². The molecular formula is C28H26N4O9S2. The van der Waals surface area contributed by atoms with Gasteiger partial charge in [-0.05, 0) is 97.1 Å². The van der Waals surface area contributed by atoms with Gasteiger partial charge in [-0.1, -0.05) is 0 Å².